The molecule has 0 amide bonds. The molecule has 2 nitrogen and oxygen atoms in total. The summed E-state index contributed by atoms with van der Waals surface area (Å²) >= 11 is 0. The fraction of sp³-hybridized carbons (Fsp3) is 0.625. The molecule has 0 bridgehead atoms. The standard InChI is InChI=1S/C8H10O2/c9-7-1-5-2-8(10)4-6(5)3-7/h1,5-6,9H,2-4H2. The van der Waals surface area contributed by atoms with Crippen molar-refractivity contribution in [3.8, 4) is 0 Å². The molecule has 10 heavy (non-hydrogen) atoms. The molecule has 1 N–H and O–H groups in total. The Bertz CT molecular complexity index is 205. The van der Waals surface area contributed by atoms with Gasteiger partial charge in [-0.3, -0.25) is 4.79 Å². The van der Waals surface area contributed by atoms with Gasteiger partial charge in [-0.15, -0.1) is 0 Å². The van der Waals surface area contributed by atoms with E-state index in [2.05, 4.69) is 0 Å². The van der Waals surface area contributed by atoms with E-state index in [1.54, 1.807) is 0 Å². The molecule has 0 saturated heterocycles. The monoisotopic (exact) mass is 138 g/mol. The van der Waals surface area contributed by atoms with E-state index in [1.807, 2.05) is 6.08 Å². The summed E-state index contributed by atoms with van der Waals surface area (Å²) in [6.45, 7) is 0. The molecule has 1 fully saturated rings. The largest absolute Gasteiger partial charge is 0.513 e. The lowest BCUT2D eigenvalue weighted by Crippen LogP contribution is -1.97. The van der Waals surface area contributed by atoms with Crippen LogP contribution in [0.25, 0.3) is 0 Å². The van der Waals surface area contributed by atoms with Crippen LogP contribution >= 0.6 is 0 Å². The first-order chi connectivity index (χ1) is 4.75. The Morgan fingerprint density at radius 3 is 2.90 bits per heavy atom. The van der Waals surface area contributed by atoms with Crippen LogP contribution in [0, 0.1) is 11.8 Å². The molecular weight excluding hydrogens is 128 g/mol. The summed E-state index contributed by atoms with van der Waals surface area (Å²) in [5.41, 5.74) is 0. The van der Waals surface area contributed by atoms with Crippen molar-refractivity contribution in [2.24, 2.45) is 11.8 Å². The second-order valence-electron chi connectivity index (χ2n) is 3.23. The lowest BCUT2D eigenvalue weighted by atomic mass is 10.0. The Balaban J connectivity index is 2.17. The van der Waals surface area contributed by atoms with Gasteiger partial charge in [0.1, 0.15) is 5.78 Å². The Hall–Kier alpha value is -0.790. The van der Waals surface area contributed by atoms with E-state index in [9.17, 15) is 4.79 Å². The van der Waals surface area contributed by atoms with Gasteiger partial charge in [0, 0.05) is 19.3 Å². The van der Waals surface area contributed by atoms with Gasteiger partial charge in [-0.2, -0.15) is 0 Å². The summed E-state index contributed by atoms with van der Waals surface area (Å²) in [5, 5.41) is 9.07. The first kappa shape index (κ1) is 5.96. The third kappa shape index (κ3) is 0.753. The van der Waals surface area contributed by atoms with Crippen molar-refractivity contribution in [1.29, 1.82) is 0 Å². The lowest BCUT2D eigenvalue weighted by molar-refractivity contribution is -0.117. The quantitative estimate of drug-likeness (QED) is 0.549. The highest BCUT2D eigenvalue weighted by molar-refractivity contribution is 5.81. The highest BCUT2D eigenvalue weighted by atomic mass is 16.3. The fourth-order valence-corrected chi connectivity index (χ4v) is 1.96. The normalized spacial score (nSPS) is 38.0. The number of Topliss-reactive ketones (excluding diaryl/α,β-unsaturated/α-hetero) is 1. The number of rotatable bonds is 0. The number of allylic oxidation sites excluding steroid dienone is 2. The van der Waals surface area contributed by atoms with Crippen LogP contribution < -0.4 is 0 Å². The number of carbonyl (C=O) groups is 1. The summed E-state index contributed by atoms with van der Waals surface area (Å²) < 4.78 is 0. The molecule has 0 aliphatic heterocycles. The molecule has 2 aliphatic carbocycles. The Labute approximate surface area is 59.5 Å². The fourth-order valence-electron chi connectivity index (χ4n) is 1.96. The number of hydrogen-bond donors (Lipinski definition) is 1. The molecule has 0 heterocycles. The first-order valence-corrected chi connectivity index (χ1v) is 3.67. The summed E-state index contributed by atoms with van der Waals surface area (Å²) in [6, 6.07) is 0. The molecule has 0 spiro atoms. The molecule has 2 heteroatoms. The van der Waals surface area contributed by atoms with Crippen LogP contribution in [0.15, 0.2) is 11.8 Å². The van der Waals surface area contributed by atoms with E-state index >= 15 is 0 Å². The van der Waals surface area contributed by atoms with Crippen LogP contribution in [0.5, 0.6) is 0 Å². The summed E-state index contributed by atoms with van der Waals surface area (Å²) in [5.74, 6) is 1.65. The van der Waals surface area contributed by atoms with Crippen molar-refractivity contribution in [3.63, 3.8) is 0 Å². The van der Waals surface area contributed by atoms with E-state index in [1.165, 1.54) is 0 Å². The van der Waals surface area contributed by atoms with E-state index in [4.69, 9.17) is 5.11 Å². The summed E-state index contributed by atoms with van der Waals surface area (Å²) in [7, 11) is 0. The second-order valence-corrected chi connectivity index (χ2v) is 3.23. The van der Waals surface area contributed by atoms with Crippen molar-refractivity contribution in [2.45, 2.75) is 19.3 Å². The minimum absolute atomic E-state index is 0.360. The molecule has 2 unspecified atom stereocenters. The topological polar surface area (TPSA) is 37.3 Å². The van der Waals surface area contributed by atoms with Gasteiger partial charge < -0.3 is 5.11 Å². The van der Waals surface area contributed by atoms with Crippen LogP contribution in [0.4, 0.5) is 0 Å². The van der Waals surface area contributed by atoms with Gasteiger partial charge in [-0.1, -0.05) is 0 Å². The van der Waals surface area contributed by atoms with Crippen molar-refractivity contribution in [1.82, 2.24) is 0 Å². The molecule has 0 radical (unpaired) electrons. The van der Waals surface area contributed by atoms with Crippen molar-refractivity contribution >= 4 is 5.78 Å². The SMILES string of the molecule is O=C1CC2C=C(O)CC2C1. The minimum Gasteiger partial charge on any atom is -0.513 e. The highest BCUT2D eigenvalue weighted by Gasteiger charge is 2.36. The van der Waals surface area contributed by atoms with Crippen LogP contribution in [0.3, 0.4) is 0 Å². The number of aliphatic hydroxyl groups is 1. The number of carbonyl (C=O) groups excluding carboxylic acids is 1. The van der Waals surface area contributed by atoms with Crippen LogP contribution in [-0.2, 0) is 4.79 Å². The van der Waals surface area contributed by atoms with E-state index in [0.29, 0.717) is 36.2 Å². The van der Waals surface area contributed by atoms with Crippen molar-refractivity contribution < 1.29 is 9.90 Å². The molecule has 0 aromatic carbocycles. The van der Waals surface area contributed by atoms with Crippen LogP contribution in [-0.4, -0.2) is 10.9 Å². The molecule has 54 valence electrons. The maximum absolute atomic E-state index is 10.9. The molecule has 1 saturated carbocycles. The summed E-state index contributed by atoms with van der Waals surface area (Å²) in [6.07, 6.45) is 3.92. The van der Waals surface area contributed by atoms with Gasteiger partial charge in [0.2, 0.25) is 0 Å². The average molecular weight is 138 g/mol. The number of aliphatic hydroxyl groups excluding tert-OH is 1. The summed E-state index contributed by atoms with van der Waals surface area (Å²) in [4.78, 5) is 10.9. The lowest BCUT2D eigenvalue weighted by Gasteiger charge is -2.02. The van der Waals surface area contributed by atoms with E-state index in [-0.39, 0.29) is 0 Å². The zero-order chi connectivity index (χ0) is 7.14. The Morgan fingerprint density at radius 1 is 1.40 bits per heavy atom. The maximum atomic E-state index is 10.9. The number of hydrogen-bond acceptors (Lipinski definition) is 2. The van der Waals surface area contributed by atoms with Gasteiger partial charge in [0.15, 0.2) is 0 Å². The molecule has 2 atom stereocenters. The van der Waals surface area contributed by atoms with Crippen LogP contribution in [0.1, 0.15) is 19.3 Å². The molecule has 0 aromatic heterocycles. The highest BCUT2D eigenvalue weighted by Crippen LogP contribution is 2.39. The number of ketones is 1. The zero-order valence-electron chi connectivity index (χ0n) is 5.71. The third-order valence-electron chi connectivity index (χ3n) is 2.44. The van der Waals surface area contributed by atoms with E-state index in [0.717, 1.165) is 6.42 Å². The maximum Gasteiger partial charge on any atom is 0.133 e. The van der Waals surface area contributed by atoms with Crippen molar-refractivity contribution in [2.75, 3.05) is 0 Å². The van der Waals surface area contributed by atoms with Gasteiger partial charge in [-0.25, -0.2) is 0 Å². The molecule has 2 rings (SSSR count). The predicted octanol–water partition coefficient (Wildman–Crippen LogP) is 1.43. The predicted molar refractivity (Wildman–Crippen MR) is 36.5 cm³/mol. The second kappa shape index (κ2) is 1.84. The smallest absolute Gasteiger partial charge is 0.133 e. The van der Waals surface area contributed by atoms with Gasteiger partial charge >= 0.3 is 0 Å². The molecule has 2 aliphatic rings. The van der Waals surface area contributed by atoms with Gasteiger partial charge in [0.05, 0.1) is 5.76 Å². The van der Waals surface area contributed by atoms with E-state index < -0.39 is 0 Å². The van der Waals surface area contributed by atoms with Gasteiger partial charge in [0.25, 0.3) is 0 Å². The van der Waals surface area contributed by atoms with Crippen LogP contribution in [0.2, 0.25) is 0 Å². The average Bonchev–Trinajstić information content (AvgIpc) is 2.21. The number of fused-ring (bicyclic) bond motifs is 1. The molecule has 0 aromatic rings. The Morgan fingerprint density at radius 2 is 2.20 bits per heavy atom. The minimum atomic E-state index is 0.360. The zero-order valence-corrected chi connectivity index (χ0v) is 5.71. The first-order valence-electron chi connectivity index (χ1n) is 3.67. The van der Waals surface area contributed by atoms with Gasteiger partial charge in [-0.05, 0) is 17.9 Å². The molecular formula is C8H10O2. The third-order valence-corrected chi connectivity index (χ3v) is 2.44. The Kier molecular flexibility index (Phi) is 1.10. The van der Waals surface area contributed by atoms with Crippen molar-refractivity contribution in [3.05, 3.63) is 11.8 Å².